The zero-order valence-electron chi connectivity index (χ0n) is 10.5. The van der Waals surface area contributed by atoms with Crippen LogP contribution in [0, 0.1) is 0 Å². The zero-order valence-corrected chi connectivity index (χ0v) is 10.5. The topological polar surface area (TPSA) is 151 Å². The van der Waals surface area contributed by atoms with Crippen molar-refractivity contribution in [1.29, 1.82) is 0 Å². The molecule has 2 rings (SSSR count). The molecule has 1 saturated heterocycles. The Kier molecular flexibility index (Phi) is 4.35. The normalized spacial score (nSPS) is 34.7. The van der Waals surface area contributed by atoms with Crippen LogP contribution in [0.3, 0.4) is 0 Å². The summed E-state index contributed by atoms with van der Waals surface area (Å²) in [4.78, 5) is 15.3. The van der Waals surface area contributed by atoms with Crippen LogP contribution >= 0.6 is 0 Å². The summed E-state index contributed by atoms with van der Waals surface area (Å²) in [5.41, 5.74) is 4.67. The molecule has 0 aliphatic carbocycles. The van der Waals surface area contributed by atoms with Gasteiger partial charge < -0.3 is 30.9 Å². The molecule has 0 aromatic carbocycles. The molecule has 5 atom stereocenters. The molecule has 0 bridgehead atoms. The first-order valence-corrected chi connectivity index (χ1v) is 6.07. The Morgan fingerprint density at radius 1 is 1.35 bits per heavy atom. The highest BCUT2D eigenvalue weighted by Crippen LogP contribution is 2.23. The van der Waals surface area contributed by atoms with Gasteiger partial charge in [-0.2, -0.15) is 4.98 Å². The molecule has 0 amide bonds. The second-order valence-electron chi connectivity index (χ2n) is 4.64. The van der Waals surface area contributed by atoms with Crippen molar-refractivity contribution >= 4 is 5.82 Å². The molecule has 6 N–H and O–H groups in total. The minimum Gasteiger partial charge on any atom is -0.394 e. The lowest BCUT2D eigenvalue weighted by molar-refractivity contribution is -0.106. The van der Waals surface area contributed by atoms with Crippen LogP contribution in [0.1, 0.15) is 6.04 Å². The first-order valence-electron chi connectivity index (χ1n) is 6.07. The van der Waals surface area contributed by atoms with Crippen LogP contribution in [0.4, 0.5) is 5.82 Å². The average molecular weight is 287 g/mol. The van der Waals surface area contributed by atoms with Crippen molar-refractivity contribution in [2.75, 3.05) is 18.9 Å². The number of rotatable bonds is 2. The average Bonchev–Trinajstić information content (AvgIpc) is 2.51. The van der Waals surface area contributed by atoms with E-state index in [-0.39, 0.29) is 12.4 Å². The van der Waals surface area contributed by atoms with Crippen LogP contribution in [-0.2, 0) is 4.74 Å². The van der Waals surface area contributed by atoms with Gasteiger partial charge in [0.25, 0.3) is 0 Å². The number of nitrogens with two attached hydrogens (primary N) is 1. The van der Waals surface area contributed by atoms with Crippen LogP contribution in [0.15, 0.2) is 17.1 Å². The molecule has 112 valence electrons. The van der Waals surface area contributed by atoms with Gasteiger partial charge >= 0.3 is 5.69 Å². The third-order valence-corrected chi connectivity index (χ3v) is 3.34. The summed E-state index contributed by atoms with van der Waals surface area (Å²) in [6, 6.07) is 0.419. The summed E-state index contributed by atoms with van der Waals surface area (Å²) >= 11 is 0. The van der Waals surface area contributed by atoms with Gasteiger partial charge in [-0.1, -0.05) is 0 Å². The van der Waals surface area contributed by atoms with E-state index in [1.54, 1.807) is 0 Å². The Morgan fingerprint density at radius 2 is 2.05 bits per heavy atom. The quantitative estimate of drug-likeness (QED) is 0.382. The Labute approximate surface area is 113 Å². The monoisotopic (exact) mass is 287 g/mol. The standard InChI is InChI=1S/C11H17N3O6/c12-7-1-2-14(11(19)13-7)5-4-20-6(3-15)9(17)10(18)8(5)16/h1-2,5-6,8-10,15-18H,3-4H2,(H2,12,13,19)/t5-,6-,8+,9-,10-/m1/s1. The molecule has 0 saturated carbocycles. The number of aliphatic hydroxyl groups is 4. The maximum absolute atomic E-state index is 11.7. The van der Waals surface area contributed by atoms with Gasteiger partial charge in [0.1, 0.15) is 30.2 Å². The van der Waals surface area contributed by atoms with Crippen molar-refractivity contribution in [2.24, 2.45) is 0 Å². The van der Waals surface area contributed by atoms with Gasteiger partial charge in [0.15, 0.2) is 0 Å². The van der Waals surface area contributed by atoms with Crippen LogP contribution in [-0.4, -0.2) is 67.6 Å². The lowest BCUT2D eigenvalue weighted by Gasteiger charge is -2.26. The molecule has 1 aliphatic rings. The Bertz CT molecular complexity index is 521. The summed E-state index contributed by atoms with van der Waals surface area (Å²) in [6.07, 6.45) is -4.20. The fourth-order valence-electron chi connectivity index (χ4n) is 2.15. The molecule has 9 heteroatoms. The zero-order chi connectivity index (χ0) is 14.9. The van der Waals surface area contributed by atoms with Gasteiger partial charge in [-0.05, 0) is 6.07 Å². The second kappa shape index (κ2) is 5.85. The molecule has 1 fully saturated rings. The van der Waals surface area contributed by atoms with Gasteiger partial charge in [0.2, 0.25) is 0 Å². The number of aromatic nitrogens is 2. The van der Waals surface area contributed by atoms with Crippen molar-refractivity contribution in [2.45, 2.75) is 30.5 Å². The molecule has 2 heterocycles. The number of hydrogen-bond acceptors (Lipinski definition) is 8. The minimum atomic E-state index is -1.57. The number of ether oxygens (including phenoxy) is 1. The van der Waals surface area contributed by atoms with Crippen molar-refractivity contribution in [1.82, 2.24) is 9.55 Å². The summed E-state index contributed by atoms with van der Waals surface area (Å²) in [6.45, 7) is -0.696. The SMILES string of the molecule is Nc1ccn([C@@H]2CO[C@H](CO)[C@@H](O)[C@H](O)[C@H]2O)c(=O)n1. The van der Waals surface area contributed by atoms with Crippen molar-refractivity contribution < 1.29 is 25.2 Å². The number of hydrogen-bond donors (Lipinski definition) is 5. The first-order chi connectivity index (χ1) is 9.45. The van der Waals surface area contributed by atoms with Gasteiger partial charge in [0, 0.05) is 6.20 Å². The maximum Gasteiger partial charge on any atom is 0.349 e. The fraction of sp³-hybridized carbons (Fsp3) is 0.636. The van der Waals surface area contributed by atoms with E-state index >= 15 is 0 Å². The molecule has 9 nitrogen and oxygen atoms in total. The third-order valence-electron chi connectivity index (χ3n) is 3.34. The van der Waals surface area contributed by atoms with E-state index in [0.717, 1.165) is 4.57 Å². The smallest absolute Gasteiger partial charge is 0.349 e. The Morgan fingerprint density at radius 3 is 2.65 bits per heavy atom. The highest BCUT2D eigenvalue weighted by atomic mass is 16.5. The molecular weight excluding hydrogens is 270 g/mol. The largest absolute Gasteiger partial charge is 0.394 e. The van der Waals surface area contributed by atoms with E-state index in [9.17, 15) is 20.1 Å². The van der Waals surface area contributed by atoms with Crippen LogP contribution in [0.2, 0.25) is 0 Å². The number of nitrogens with zero attached hydrogens (tertiary/aromatic N) is 2. The second-order valence-corrected chi connectivity index (χ2v) is 4.64. The van der Waals surface area contributed by atoms with Gasteiger partial charge in [-0.3, -0.25) is 4.57 Å². The van der Waals surface area contributed by atoms with Crippen LogP contribution < -0.4 is 11.4 Å². The van der Waals surface area contributed by atoms with Gasteiger partial charge in [0.05, 0.1) is 19.3 Å². The van der Waals surface area contributed by atoms with Gasteiger partial charge in [-0.25, -0.2) is 4.79 Å². The summed E-state index contributed by atoms with van der Waals surface area (Å²) < 4.78 is 6.28. The maximum atomic E-state index is 11.7. The molecule has 1 aliphatic heterocycles. The number of anilines is 1. The number of aliphatic hydroxyl groups excluding tert-OH is 4. The summed E-state index contributed by atoms with van der Waals surface area (Å²) in [5, 5.41) is 38.7. The molecule has 0 radical (unpaired) electrons. The van der Waals surface area contributed by atoms with E-state index < -0.39 is 42.8 Å². The molecule has 1 aromatic heterocycles. The predicted octanol–water partition coefficient (Wildman–Crippen LogP) is -3.16. The van der Waals surface area contributed by atoms with Crippen molar-refractivity contribution in [3.63, 3.8) is 0 Å². The molecule has 0 spiro atoms. The van der Waals surface area contributed by atoms with Crippen LogP contribution in [0.25, 0.3) is 0 Å². The fourth-order valence-corrected chi connectivity index (χ4v) is 2.15. The summed E-state index contributed by atoms with van der Waals surface area (Å²) in [7, 11) is 0. The van der Waals surface area contributed by atoms with E-state index in [1.165, 1.54) is 12.3 Å². The van der Waals surface area contributed by atoms with E-state index in [4.69, 9.17) is 15.6 Å². The predicted molar refractivity (Wildman–Crippen MR) is 66.8 cm³/mol. The van der Waals surface area contributed by atoms with E-state index in [1.807, 2.05) is 0 Å². The molecule has 0 unspecified atom stereocenters. The van der Waals surface area contributed by atoms with E-state index in [2.05, 4.69) is 4.98 Å². The third kappa shape index (κ3) is 2.67. The summed E-state index contributed by atoms with van der Waals surface area (Å²) in [5.74, 6) is 0.0316. The van der Waals surface area contributed by atoms with Crippen molar-refractivity contribution in [3.8, 4) is 0 Å². The van der Waals surface area contributed by atoms with Crippen LogP contribution in [0.5, 0.6) is 0 Å². The molecule has 1 aromatic rings. The molecule has 20 heavy (non-hydrogen) atoms. The first kappa shape index (κ1) is 14.9. The van der Waals surface area contributed by atoms with E-state index in [0.29, 0.717) is 0 Å². The Balaban J connectivity index is 2.34. The Hall–Kier alpha value is -1.52. The lowest BCUT2D eigenvalue weighted by Crippen LogP contribution is -2.47. The number of nitrogen functional groups attached to an aromatic ring is 1. The molecular formula is C11H17N3O6. The minimum absolute atomic E-state index is 0.0316. The lowest BCUT2D eigenvalue weighted by atomic mass is 10.00. The van der Waals surface area contributed by atoms with Crippen molar-refractivity contribution in [3.05, 3.63) is 22.7 Å². The highest BCUT2D eigenvalue weighted by molar-refractivity contribution is 5.23. The van der Waals surface area contributed by atoms with Gasteiger partial charge in [-0.15, -0.1) is 0 Å². The highest BCUT2D eigenvalue weighted by Gasteiger charge is 2.40.